The quantitative estimate of drug-likeness (QED) is 0.814. The van der Waals surface area contributed by atoms with Crippen molar-refractivity contribution in [3.05, 3.63) is 53.1 Å². The Labute approximate surface area is 169 Å². The van der Waals surface area contributed by atoms with Crippen LogP contribution in [0, 0.1) is 17.2 Å². The molecule has 0 bridgehead atoms. The van der Waals surface area contributed by atoms with Gasteiger partial charge < -0.3 is 15.7 Å². The molecule has 152 valence electrons. The first-order valence-electron chi connectivity index (χ1n) is 9.53. The Kier molecular flexibility index (Phi) is 5.58. The molecular formula is C22H24FN3O3. The zero-order chi connectivity index (χ0) is 21.3. The molecule has 0 saturated carbocycles. The molecule has 1 aliphatic heterocycles. The third kappa shape index (κ3) is 3.68. The second-order valence-corrected chi connectivity index (χ2v) is 7.73. The third-order valence-electron chi connectivity index (χ3n) is 5.91. The van der Waals surface area contributed by atoms with Gasteiger partial charge in [-0.05, 0) is 31.4 Å². The molecule has 0 spiro atoms. The molecular weight excluding hydrogens is 373 g/mol. The van der Waals surface area contributed by atoms with Crippen molar-refractivity contribution >= 4 is 17.4 Å². The molecule has 3 N–H and O–H groups in total. The van der Waals surface area contributed by atoms with Crippen molar-refractivity contribution in [3.63, 3.8) is 0 Å². The molecule has 2 amide bonds. The largest absolute Gasteiger partial charge is 0.385 e. The van der Waals surface area contributed by atoms with Crippen LogP contribution in [0.1, 0.15) is 32.3 Å². The van der Waals surface area contributed by atoms with Crippen LogP contribution in [0.3, 0.4) is 0 Å². The number of rotatable bonds is 3. The number of primary amides is 1. The summed E-state index contributed by atoms with van der Waals surface area (Å²) in [5.41, 5.74) is 4.27. The summed E-state index contributed by atoms with van der Waals surface area (Å²) in [4.78, 5) is 25.4. The first kappa shape index (κ1) is 20.7. The van der Waals surface area contributed by atoms with Crippen molar-refractivity contribution in [1.82, 2.24) is 4.90 Å². The zero-order valence-electron chi connectivity index (χ0n) is 16.4. The number of benzene rings is 1. The van der Waals surface area contributed by atoms with E-state index in [-0.39, 0.29) is 35.6 Å². The Morgan fingerprint density at radius 1 is 1.34 bits per heavy atom. The van der Waals surface area contributed by atoms with E-state index in [0.29, 0.717) is 12.0 Å². The number of carbonyl (C=O) groups is 2. The summed E-state index contributed by atoms with van der Waals surface area (Å²) in [6.07, 6.45) is 0.339. The van der Waals surface area contributed by atoms with Gasteiger partial charge in [0.25, 0.3) is 0 Å². The molecule has 4 unspecified atom stereocenters. The van der Waals surface area contributed by atoms with Crippen LogP contribution in [0.2, 0.25) is 0 Å². The molecule has 4 atom stereocenters. The number of halogens is 1. The van der Waals surface area contributed by atoms with Crippen molar-refractivity contribution in [3.8, 4) is 6.07 Å². The Morgan fingerprint density at radius 2 is 2.00 bits per heavy atom. The summed E-state index contributed by atoms with van der Waals surface area (Å²) >= 11 is 0. The van der Waals surface area contributed by atoms with Crippen LogP contribution in [0.15, 0.2) is 47.6 Å². The molecule has 1 heterocycles. The number of nitriles is 1. The first-order valence-corrected chi connectivity index (χ1v) is 9.53. The van der Waals surface area contributed by atoms with Crippen LogP contribution in [-0.4, -0.2) is 46.2 Å². The van der Waals surface area contributed by atoms with E-state index in [9.17, 15) is 20.0 Å². The Balaban J connectivity index is 2.16. The second kappa shape index (κ2) is 7.80. The summed E-state index contributed by atoms with van der Waals surface area (Å²) in [5.74, 6) is -1.29. The topological polar surface area (TPSA) is 107 Å². The highest BCUT2D eigenvalue weighted by atomic mass is 19.1. The van der Waals surface area contributed by atoms with Gasteiger partial charge in [0.2, 0.25) is 11.8 Å². The Morgan fingerprint density at radius 3 is 2.55 bits per heavy atom. The van der Waals surface area contributed by atoms with E-state index in [1.54, 1.807) is 30.3 Å². The molecule has 2 aliphatic rings. The molecule has 1 fully saturated rings. The van der Waals surface area contributed by atoms with Crippen LogP contribution >= 0.6 is 0 Å². The predicted molar refractivity (Wildman–Crippen MR) is 106 cm³/mol. The summed E-state index contributed by atoms with van der Waals surface area (Å²) in [6.45, 7) is 2.89. The number of alkyl halides is 1. The number of piperidine rings is 1. The summed E-state index contributed by atoms with van der Waals surface area (Å²) in [6, 6.07) is 9.99. The van der Waals surface area contributed by atoms with Gasteiger partial charge in [-0.3, -0.25) is 9.59 Å². The van der Waals surface area contributed by atoms with Crippen molar-refractivity contribution in [2.24, 2.45) is 11.7 Å². The molecule has 6 nitrogen and oxygen atoms in total. The molecule has 1 aromatic rings. The molecule has 7 heteroatoms. The van der Waals surface area contributed by atoms with Gasteiger partial charge in [0.15, 0.2) is 5.67 Å². The highest BCUT2D eigenvalue weighted by Gasteiger charge is 2.48. The molecule has 1 aliphatic carbocycles. The van der Waals surface area contributed by atoms with Crippen LogP contribution in [0.25, 0.3) is 5.57 Å². The van der Waals surface area contributed by atoms with E-state index < -0.39 is 29.6 Å². The van der Waals surface area contributed by atoms with Crippen LogP contribution < -0.4 is 5.73 Å². The van der Waals surface area contributed by atoms with Gasteiger partial charge in [-0.1, -0.05) is 30.3 Å². The van der Waals surface area contributed by atoms with Gasteiger partial charge in [0, 0.05) is 30.5 Å². The number of likely N-dealkylation sites (tertiary alicyclic amines) is 1. The van der Waals surface area contributed by atoms with E-state index >= 15 is 4.39 Å². The maximum absolute atomic E-state index is 15.9. The fourth-order valence-electron chi connectivity index (χ4n) is 4.29. The minimum atomic E-state index is -2.18. The van der Waals surface area contributed by atoms with E-state index in [0.717, 1.165) is 0 Å². The van der Waals surface area contributed by atoms with Gasteiger partial charge in [0.1, 0.15) is 6.10 Å². The average molecular weight is 397 g/mol. The van der Waals surface area contributed by atoms with Crippen LogP contribution in [-0.2, 0) is 9.59 Å². The van der Waals surface area contributed by atoms with Crippen LogP contribution in [0.4, 0.5) is 4.39 Å². The fourth-order valence-corrected chi connectivity index (χ4v) is 4.29. The standard InChI is InChI=1S/C22H24FN3O3/c1-13(27)26-9-8-15(21(25)29)11-18(26)19-16(12-24)10-17(22(2,23)20(19)28)14-6-4-3-5-7-14/h3-7,10,15,18,20,28H,8-9,11H2,1-2H3,(H2,25,29). The highest BCUT2D eigenvalue weighted by molar-refractivity contribution is 5.81. The number of aliphatic hydroxyl groups excluding tert-OH is 1. The lowest BCUT2D eigenvalue weighted by molar-refractivity contribution is -0.135. The van der Waals surface area contributed by atoms with Gasteiger partial charge in [0.05, 0.1) is 17.7 Å². The lowest BCUT2D eigenvalue weighted by Gasteiger charge is -2.44. The number of carbonyl (C=O) groups excluding carboxylic acids is 2. The smallest absolute Gasteiger partial charge is 0.220 e. The Hall–Kier alpha value is -2.98. The molecule has 0 aromatic heterocycles. The van der Waals surface area contributed by atoms with Crippen LogP contribution in [0.5, 0.6) is 0 Å². The van der Waals surface area contributed by atoms with Gasteiger partial charge in [-0.2, -0.15) is 5.26 Å². The minimum Gasteiger partial charge on any atom is -0.385 e. The summed E-state index contributed by atoms with van der Waals surface area (Å²) in [7, 11) is 0. The number of nitrogens with two attached hydrogens (primary N) is 1. The SMILES string of the molecule is CC(=O)N1CCC(C(N)=O)CC1C1=C(C#N)C=C(c2ccccc2)C(C)(F)C1O. The normalized spacial score (nSPS) is 29.8. The predicted octanol–water partition coefficient (Wildman–Crippen LogP) is 2.11. The van der Waals surface area contributed by atoms with Gasteiger partial charge in [-0.25, -0.2) is 4.39 Å². The highest BCUT2D eigenvalue weighted by Crippen LogP contribution is 2.44. The maximum atomic E-state index is 15.9. The van der Waals surface area contributed by atoms with Gasteiger partial charge in [-0.15, -0.1) is 0 Å². The van der Waals surface area contributed by atoms with Crippen molar-refractivity contribution in [2.45, 2.75) is 44.5 Å². The monoisotopic (exact) mass is 397 g/mol. The molecule has 0 radical (unpaired) electrons. The lowest BCUT2D eigenvalue weighted by atomic mass is 9.72. The Bertz CT molecular complexity index is 930. The van der Waals surface area contributed by atoms with E-state index in [1.807, 2.05) is 6.07 Å². The fraction of sp³-hybridized carbons (Fsp3) is 0.409. The molecule has 1 aromatic carbocycles. The molecule has 3 rings (SSSR count). The zero-order valence-corrected chi connectivity index (χ0v) is 16.4. The number of nitrogens with zero attached hydrogens (tertiary/aromatic N) is 2. The van der Waals surface area contributed by atoms with E-state index in [1.165, 1.54) is 24.8 Å². The second-order valence-electron chi connectivity index (χ2n) is 7.73. The first-order chi connectivity index (χ1) is 13.7. The molecule has 1 saturated heterocycles. The van der Waals surface area contributed by atoms with Crippen molar-refractivity contribution < 1.29 is 19.1 Å². The summed E-state index contributed by atoms with van der Waals surface area (Å²) < 4.78 is 15.9. The number of amides is 2. The van der Waals surface area contributed by atoms with Gasteiger partial charge >= 0.3 is 0 Å². The van der Waals surface area contributed by atoms with Crippen molar-refractivity contribution in [2.75, 3.05) is 6.54 Å². The van der Waals surface area contributed by atoms with Crippen molar-refractivity contribution in [1.29, 1.82) is 5.26 Å². The number of allylic oxidation sites excluding steroid dienone is 2. The third-order valence-corrected chi connectivity index (χ3v) is 5.91. The molecule has 29 heavy (non-hydrogen) atoms. The average Bonchev–Trinajstić information content (AvgIpc) is 2.69. The minimum absolute atomic E-state index is 0.104. The number of aliphatic hydroxyl groups is 1. The maximum Gasteiger partial charge on any atom is 0.220 e. The summed E-state index contributed by atoms with van der Waals surface area (Å²) in [5, 5.41) is 20.8. The number of hydrogen-bond acceptors (Lipinski definition) is 4. The van der Waals surface area contributed by atoms with E-state index in [4.69, 9.17) is 5.73 Å². The lowest BCUT2D eigenvalue weighted by Crippen LogP contribution is -2.53. The van der Waals surface area contributed by atoms with E-state index in [2.05, 4.69) is 0 Å². The number of hydrogen-bond donors (Lipinski definition) is 2.